The zero-order valence-corrected chi connectivity index (χ0v) is 23.0. The zero-order chi connectivity index (χ0) is 27.9. The summed E-state index contributed by atoms with van der Waals surface area (Å²) in [5, 5.41) is 1.71. The third-order valence-electron chi connectivity index (χ3n) is 6.47. The van der Waals surface area contributed by atoms with E-state index in [-0.39, 0.29) is 13.2 Å². The summed E-state index contributed by atoms with van der Waals surface area (Å²) in [4.78, 5) is 31.7. The highest BCUT2D eigenvalue weighted by molar-refractivity contribution is 6.08. The van der Waals surface area contributed by atoms with Crippen molar-refractivity contribution in [3.63, 3.8) is 0 Å². The summed E-state index contributed by atoms with van der Waals surface area (Å²) >= 11 is 0. The number of hydrogen-bond donors (Lipinski definition) is 0. The lowest BCUT2D eigenvalue weighted by Crippen LogP contribution is -2.21. The van der Waals surface area contributed by atoms with Crippen molar-refractivity contribution in [2.75, 3.05) is 37.7 Å². The molecular formula is C32H34N2O5. The molecule has 202 valence electrons. The van der Waals surface area contributed by atoms with E-state index in [1.54, 1.807) is 19.1 Å². The molecule has 0 saturated carbocycles. The van der Waals surface area contributed by atoms with Gasteiger partial charge in [-0.05, 0) is 63.6 Å². The summed E-state index contributed by atoms with van der Waals surface area (Å²) in [6.45, 7) is 13.6. The topological polar surface area (TPSA) is 81.3 Å². The Labute approximate surface area is 228 Å². The van der Waals surface area contributed by atoms with Crippen LogP contribution < -0.4 is 10.3 Å². The van der Waals surface area contributed by atoms with Crippen molar-refractivity contribution in [2.45, 2.75) is 27.7 Å². The van der Waals surface area contributed by atoms with Crippen molar-refractivity contribution in [3.05, 3.63) is 83.7 Å². The van der Waals surface area contributed by atoms with Gasteiger partial charge in [-0.1, -0.05) is 24.8 Å². The third-order valence-corrected chi connectivity index (χ3v) is 6.47. The highest BCUT2D eigenvalue weighted by Gasteiger charge is 2.22. The molecule has 0 fully saturated rings. The van der Waals surface area contributed by atoms with E-state index in [1.807, 2.05) is 49.4 Å². The minimum absolute atomic E-state index is 0.0481. The Balaban J connectivity index is 1.83. The Morgan fingerprint density at radius 2 is 1.67 bits per heavy atom. The number of esters is 2. The molecule has 0 aromatic heterocycles. The molecule has 0 amide bonds. The second-order valence-corrected chi connectivity index (χ2v) is 9.08. The van der Waals surface area contributed by atoms with Gasteiger partial charge in [-0.15, -0.1) is 0 Å². The second-order valence-electron chi connectivity index (χ2n) is 9.08. The molecule has 0 spiro atoms. The van der Waals surface area contributed by atoms with Gasteiger partial charge in [0.2, 0.25) is 0 Å². The summed E-state index contributed by atoms with van der Waals surface area (Å²) < 4.78 is 17.0. The van der Waals surface area contributed by atoms with Gasteiger partial charge in [0.1, 0.15) is 24.6 Å². The number of hydrogen-bond acceptors (Lipinski definition) is 7. The van der Waals surface area contributed by atoms with Gasteiger partial charge in [0.25, 0.3) is 0 Å². The normalized spacial score (nSPS) is 11.5. The van der Waals surface area contributed by atoms with Crippen molar-refractivity contribution in [3.8, 4) is 22.5 Å². The molecule has 2 aromatic rings. The molecule has 7 nitrogen and oxygen atoms in total. The van der Waals surface area contributed by atoms with E-state index in [9.17, 15) is 9.59 Å². The van der Waals surface area contributed by atoms with Gasteiger partial charge in [0.05, 0.1) is 10.9 Å². The second kappa shape index (κ2) is 12.4. The lowest BCUT2D eigenvalue weighted by Gasteiger charge is -2.22. The quantitative estimate of drug-likeness (QED) is 0.105. The number of carbonyl (C=O) groups is 2. The van der Waals surface area contributed by atoms with E-state index in [1.165, 1.54) is 0 Å². The van der Waals surface area contributed by atoms with Crippen molar-refractivity contribution >= 4 is 28.6 Å². The Bertz CT molecular complexity index is 1550. The van der Waals surface area contributed by atoms with Crippen LogP contribution in [0.4, 0.5) is 5.69 Å². The van der Waals surface area contributed by atoms with Gasteiger partial charge in [-0.2, -0.15) is 0 Å². The number of fused-ring (bicyclic) bond motifs is 2. The van der Waals surface area contributed by atoms with Crippen LogP contribution in [0.2, 0.25) is 0 Å². The fourth-order valence-electron chi connectivity index (χ4n) is 4.57. The van der Waals surface area contributed by atoms with E-state index in [0.29, 0.717) is 29.0 Å². The molecular weight excluding hydrogens is 492 g/mol. The first-order valence-electron chi connectivity index (χ1n) is 13.2. The van der Waals surface area contributed by atoms with Crippen LogP contribution in [0.3, 0.4) is 0 Å². The summed E-state index contributed by atoms with van der Waals surface area (Å²) in [5.41, 5.74) is 4.94. The Kier molecular flexibility index (Phi) is 8.81. The number of benzene rings is 3. The lowest BCUT2D eigenvalue weighted by atomic mass is 9.90. The predicted molar refractivity (Wildman–Crippen MR) is 154 cm³/mol. The summed E-state index contributed by atoms with van der Waals surface area (Å²) in [6, 6.07) is 19.4. The van der Waals surface area contributed by atoms with Gasteiger partial charge in [-0.3, -0.25) is 4.99 Å². The molecule has 0 unspecified atom stereocenters. The maximum atomic E-state index is 13.2. The molecule has 39 heavy (non-hydrogen) atoms. The van der Waals surface area contributed by atoms with Gasteiger partial charge in [0, 0.05) is 59.5 Å². The standard InChI is InChI=1S/C32H34N2O5/c1-6-33-22-13-15-26-28(19-22)39-29-20-23(34(7-2)8-3)14-16-27(29)30(26)24-11-9-10-12-25(24)32(36)38-18-17-37-31(35)21(4)5/h9-16,19-20H,4,6-8,17-18H2,1-3,5H3. The van der Waals surface area contributed by atoms with Gasteiger partial charge < -0.3 is 18.8 Å². The largest absolute Gasteiger partial charge is 0.459 e. The van der Waals surface area contributed by atoms with Crippen LogP contribution in [0.15, 0.2) is 82.2 Å². The van der Waals surface area contributed by atoms with Crippen molar-refractivity contribution in [2.24, 2.45) is 4.99 Å². The van der Waals surface area contributed by atoms with Gasteiger partial charge in [0.15, 0.2) is 0 Å². The molecule has 1 aliphatic carbocycles. The Morgan fingerprint density at radius 1 is 0.923 bits per heavy atom. The lowest BCUT2D eigenvalue weighted by molar-refractivity contribution is -0.140. The van der Waals surface area contributed by atoms with Gasteiger partial charge in [-0.25, -0.2) is 9.59 Å². The maximum Gasteiger partial charge on any atom is 0.338 e. The number of carbonyl (C=O) groups excluding carboxylic acids is 2. The number of ether oxygens (including phenoxy) is 2. The average Bonchev–Trinajstić information content (AvgIpc) is 2.94. The van der Waals surface area contributed by atoms with E-state index in [4.69, 9.17) is 13.9 Å². The van der Waals surface area contributed by atoms with Crippen LogP contribution in [0.5, 0.6) is 0 Å². The average molecular weight is 527 g/mol. The summed E-state index contributed by atoms with van der Waals surface area (Å²) in [6.07, 6.45) is 0. The molecule has 0 atom stereocenters. The molecule has 7 heteroatoms. The first-order chi connectivity index (χ1) is 18.9. The highest BCUT2D eigenvalue weighted by Crippen LogP contribution is 2.42. The Hall–Kier alpha value is -4.39. The van der Waals surface area contributed by atoms with Crippen molar-refractivity contribution in [1.82, 2.24) is 0 Å². The van der Waals surface area contributed by atoms with Crippen LogP contribution in [-0.2, 0) is 14.3 Å². The van der Waals surface area contributed by atoms with Crippen LogP contribution in [0.1, 0.15) is 38.1 Å². The first-order valence-corrected chi connectivity index (χ1v) is 13.2. The minimum Gasteiger partial charge on any atom is -0.459 e. The van der Waals surface area contributed by atoms with Crippen LogP contribution in [0, 0.1) is 0 Å². The molecule has 4 rings (SSSR count). The van der Waals surface area contributed by atoms with E-state index >= 15 is 0 Å². The maximum absolute atomic E-state index is 13.2. The van der Waals surface area contributed by atoms with Crippen LogP contribution in [0.25, 0.3) is 33.4 Å². The minimum atomic E-state index is -0.518. The molecule has 1 aliphatic heterocycles. The number of rotatable bonds is 10. The number of nitrogens with zero attached hydrogens (tertiary/aromatic N) is 2. The van der Waals surface area contributed by atoms with Crippen molar-refractivity contribution < 1.29 is 23.5 Å². The molecule has 0 bridgehead atoms. The molecule has 0 N–H and O–H groups in total. The fraction of sp³-hybridized carbons (Fsp3) is 0.281. The van der Waals surface area contributed by atoms with Gasteiger partial charge >= 0.3 is 11.9 Å². The summed E-state index contributed by atoms with van der Waals surface area (Å²) in [7, 11) is 0. The molecule has 0 radical (unpaired) electrons. The molecule has 2 aromatic carbocycles. The fourth-order valence-corrected chi connectivity index (χ4v) is 4.57. The van der Waals surface area contributed by atoms with E-state index in [2.05, 4.69) is 36.4 Å². The predicted octanol–water partition coefficient (Wildman–Crippen LogP) is 6.25. The smallest absolute Gasteiger partial charge is 0.338 e. The molecule has 0 saturated heterocycles. The van der Waals surface area contributed by atoms with E-state index < -0.39 is 11.9 Å². The first kappa shape index (κ1) is 27.6. The van der Waals surface area contributed by atoms with Crippen LogP contribution >= 0.6 is 0 Å². The zero-order valence-electron chi connectivity index (χ0n) is 23.0. The van der Waals surface area contributed by atoms with Crippen molar-refractivity contribution in [1.29, 1.82) is 0 Å². The molecule has 2 aliphatic rings. The molecule has 1 heterocycles. The number of anilines is 1. The Morgan fingerprint density at radius 3 is 2.38 bits per heavy atom. The van der Waals surface area contributed by atoms with E-state index in [0.717, 1.165) is 46.2 Å². The SMILES string of the molecule is C=C(C)C(=O)OCCOC(=O)c1ccccc1-c1c2ccc(=NCC)cc-2oc2cc(N(CC)CC)ccc12. The highest BCUT2D eigenvalue weighted by atomic mass is 16.6. The monoisotopic (exact) mass is 526 g/mol. The summed E-state index contributed by atoms with van der Waals surface area (Å²) in [5.74, 6) is -0.342. The van der Waals surface area contributed by atoms with Crippen LogP contribution in [-0.4, -0.2) is 44.8 Å². The third kappa shape index (κ3) is 6.03.